The molecule has 0 saturated carbocycles. The normalized spacial score (nSPS) is 19.9. The van der Waals surface area contributed by atoms with Gasteiger partial charge in [0, 0.05) is 10.9 Å². The fraction of sp³-hybridized carbons (Fsp3) is 0.500. The monoisotopic (exact) mass is 349 g/mol. The lowest BCUT2D eigenvalue weighted by atomic mass is 10.2. The largest absolute Gasteiger partial charge is 0.460 e. The highest BCUT2D eigenvalue weighted by Gasteiger charge is 2.43. The molecule has 0 amide bonds. The molecule has 112 valence electrons. The molecule has 1 fully saturated rings. The Balaban J connectivity index is 0.000000956. The number of nitrogens with one attached hydrogen (secondary N) is 1. The maximum atomic E-state index is 12.9. The van der Waals surface area contributed by atoms with Crippen molar-refractivity contribution in [2.24, 2.45) is 0 Å². The quantitative estimate of drug-likeness (QED) is 0.848. The summed E-state index contributed by atoms with van der Waals surface area (Å²) in [5.74, 6) is -3.45. The van der Waals surface area contributed by atoms with Crippen LogP contribution in [-0.2, 0) is 16.1 Å². The number of hydrogen-bond acceptors (Lipinski definition) is 3. The van der Waals surface area contributed by atoms with Crippen LogP contribution in [0, 0.1) is 0 Å². The Labute approximate surface area is 125 Å². The molecule has 1 aliphatic heterocycles. The van der Waals surface area contributed by atoms with Gasteiger partial charge in [0.05, 0.1) is 6.54 Å². The summed E-state index contributed by atoms with van der Waals surface area (Å²) >= 11 is 3.29. The van der Waals surface area contributed by atoms with Crippen molar-refractivity contribution < 1.29 is 18.3 Å². The van der Waals surface area contributed by atoms with Crippen LogP contribution >= 0.6 is 15.9 Å². The van der Waals surface area contributed by atoms with Crippen LogP contribution in [-0.4, -0.2) is 24.5 Å². The van der Waals surface area contributed by atoms with E-state index in [-0.39, 0.29) is 6.61 Å². The second kappa shape index (κ2) is 7.69. The van der Waals surface area contributed by atoms with Crippen LogP contribution in [0.25, 0.3) is 0 Å². The first-order chi connectivity index (χ1) is 9.46. The van der Waals surface area contributed by atoms with Crippen molar-refractivity contribution >= 4 is 21.9 Å². The van der Waals surface area contributed by atoms with E-state index in [1.807, 2.05) is 26.0 Å². The lowest BCUT2D eigenvalue weighted by molar-refractivity contribution is -0.147. The molecule has 1 aromatic rings. The second-order valence-electron chi connectivity index (χ2n) is 4.23. The van der Waals surface area contributed by atoms with Crippen LogP contribution in [0.4, 0.5) is 8.78 Å². The number of ether oxygens (including phenoxy) is 1. The first kappa shape index (κ1) is 17.0. The fourth-order valence-electron chi connectivity index (χ4n) is 1.72. The number of benzene rings is 1. The Kier molecular flexibility index (Phi) is 6.55. The molecule has 2 rings (SSSR count). The Bertz CT molecular complexity index is 437. The highest BCUT2D eigenvalue weighted by Crippen LogP contribution is 2.25. The minimum atomic E-state index is -2.82. The van der Waals surface area contributed by atoms with E-state index < -0.39 is 30.9 Å². The third-order valence-electron chi connectivity index (χ3n) is 2.69. The van der Waals surface area contributed by atoms with Gasteiger partial charge in [-0.25, -0.2) is 8.78 Å². The van der Waals surface area contributed by atoms with Crippen molar-refractivity contribution in [3.63, 3.8) is 0 Å². The molecule has 0 aromatic heterocycles. The third-order valence-corrected chi connectivity index (χ3v) is 3.22. The van der Waals surface area contributed by atoms with Crippen LogP contribution in [0.1, 0.15) is 25.8 Å². The zero-order valence-electron chi connectivity index (χ0n) is 11.5. The molecule has 20 heavy (non-hydrogen) atoms. The molecule has 1 atom stereocenters. The summed E-state index contributed by atoms with van der Waals surface area (Å²) in [5, 5.41) is 2.46. The summed E-state index contributed by atoms with van der Waals surface area (Å²) in [6, 6.07) is 6.34. The average Bonchev–Trinajstić information content (AvgIpc) is 2.80. The molecule has 0 radical (unpaired) electrons. The summed E-state index contributed by atoms with van der Waals surface area (Å²) in [5.41, 5.74) is 0.816. The molecule has 0 spiro atoms. The van der Waals surface area contributed by atoms with Crippen LogP contribution in [0.2, 0.25) is 0 Å². The Morgan fingerprint density at radius 1 is 1.40 bits per heavy atom. The van der Waals surface area contributed by atoms with Gasteiger partial charge >= 0.3 is 5.97 Å². The zero-order chi connectivity index (χ0) is 15.2. The number of carbonyl (C=O) groups excluding carboxylic acids is 1. The lowest BCUT2D eigenvalue weighted by Gasteiger charge is -2.10. The van der Waals surface area contributed by atoms with Crippen LogP contribution in [0.5, 0.6) is 0 Å². The highest BCUT2D eigenvalue weighted by atomic mass is 79.9. The third kappa shape index (κ3) is 5.17. The van der Waals surface area contributed by atoms with Crippen molar-refractivity contribution in [2.75, 3.05) is 6.54 Å². The summed E-state index contributed by atoms with van der Waals surface area (Å²) in [6.07, 6.45) is -0.494. The van der Waals surface area contributed by atoms with E-state index in [2.05, 4.69) is 21.2 Å². The SMILES string of the molecule is CC.O=C(OCc1ccc(Br)cc1)[C@@H]1CC(F)(F)CN1. The smallest absolute Gasteiger partial charge is 0.323 e. The fourth-order valence-corrected chi connectivity index (χ4v) is 1.98. The van der Waals surface area contributed by atoms with E-state index in [0.29, 0.717) is 0 Å². The number of hydrogen-bond donors (Lipinski definition) is 1. The Morgan fingerprint density at radius 2 is 2.00 bits per heavy atom. The predicted octanol–water partition coefficient (Wildman–Crippen LogP) is 3.52. The Morgan fingerprint density at radius 3 is 2.50 bits per heavy atom. The van der Waals surface area contributed by atoms with Gasteiger partial charge in [-0.2, -0.15) is 0 Å². The maximum absolute atomic E-state index is 12.9. The minimum Gasteiger partial charge on any atom is -0.460 e. The standard InChI is InChI=1S/C12H12BrF2NO2.C2H6/c13-9-3-1-8(2-4-9)6-18-11(17)10-5-12(14,15)7-16-10;1-2/h1-4,10,16H,5-7H2;1-2H3/t10-;/m0./s1. The van der Waals surface area contributed by atoms with Crippen LogP contribution in [0.3, 0.4) is 0 Å². The van der Waals surface area contributed by atoms with Gasteiger partial charge in [0.1, 0.15) is 12.6 Å². The van der Waals surface area contributed by atoms with Crippen molar-refractivity contribution in [1.82, 2.24) is 5.32 Å². The Hall–Kier alpha value is -1.01. The molecule has 1 heterocycles. The number of rotatable bonds is 3. The highest BCUT2D eigenvalue weighted by molar-refractivity contribution is 9.10. The summed E-state index contributed by atoms with van der Waals surface area (Å²) < 4.78 is 31.7. The van der Waals surface area contributed by atoms with Crippen molar-refractivity contribution in [2.45, 2.75) is 38.8 Å². The van der Waals surface area contributed by atoms with E-state index in [9.17, 15) is 13.6 Å². The van der Waals surface area contributed by atoms with E-state index in [4.69, 9.17) is 4.74 Å². The van der Waals surface area contributed by atoms with Crippen molar-refractivity contribution in [3.05, 3.63) is 34.3 Å². The molecular weight excluding hydrogens is 332 g/mol. The number of alkyl halides is 2. The van der Waals surface area contributed by atoms with Gasteiger partial charge in [0.25, 0.3) is 5.92 Å². The molecule has 1 N–H and O–H groups in total. The molecule has 0 bridgehead atoms. The molecule has 0 unspecified atom stereocenters. The van der Waals surface area contributed by atoms with Crippen LogP contribution in [0.15, 0.2) is 28.7 Å². The van der Waals surface area contributed by atoms with Gasteiger partial charge in [-0.05, 0) is 17.7 Å². The first-order valence-electron chi connectivity index (χ1n) is 6.49. The molecule has 3 nitrogen and oxygen atoms in total. The topological polar surface area (TPSA) is 38.3 Å². The van der Waals surface area contributed by atoms with Crippen molar-refractivity contribution in [1.29, 1.82) is 0 Å². The predicted molar refractivity (Wildman–Crippen MR) is 76.6 cm³/mol. The average molecular weight is 350 g/mol. The molecule has 6 heteroatoms. The van der Waals surface area contributed by atoms with Crippen molar-refractivity contribution in [3.8, 4) is 0 Å². The van der Waals surface area contributed by atoms with E-state index >= 15 is 0 Å². The van der Waals surface area contributed by atoms with Gasteiger partial charge in [-0.15, -0.1) is 0 Å². The second-order valence-corrected chi connectivity index (χ2v) is 5.14. The van der Waals surface area contributed by atoms with Gasteiger partial charge in [-0.3, -0.25) is 10.1 Å². The molecule has 1 aromatic carbocycles. The lowest BCUT2D eigenvalue weighted by Crippen LogP contribution is -2.32. The molecule has 0 aliphatic carbocycles. The van der Waals surface area contributed by atoms with Gasteiger partial charge in [-0.1, -0.05) is 41.9 Å². The molecular formula is C14H18BrF2NO2. The van der Waals surface area contributed by atoms with E-state index in [0.717, 1.165) is 10.0 Å². The number of esters is 1. The van der Waals surface area contributed by atoms with E-state index in [1.165, 1.54) is 0 Å². The zero-order valence-corrected chi connectivity index (χ0v) is 13.0. The van der Waals surface area contributed by atoms with Gasteiger partial charge in [0.15, 0.2) is 0 Å². The summed E-state index contributed by atoms with van der Waals surface area (Å²) in [4.78, 5) is 11.5. The van der Waals surface area contributed by atoms with Gasteiger partial charge < -0.3 is 4.74 Å². The maximum Gasteiger partial charge on any atom is 0.323 e. The number of carbonyl (C=O) groups is 1. The molecule has 1 saturated heterocycles. The van der Waals surface area contributed by atoms with Gasteiger partial charge in [0.2, 0.25) is 0 Å². The number of halogens is 3. The summed E-state index contributed by atoms with van der Waals surface area (Å²) in [6.45, 7) is 3.63. The first-order valence-corrected chi connectivity index (χ1v) is 7.28. The summed E-state index contributed by atoms with van der Waals surface area (Å²) in [7, 11) is 0. The van der Waals surface area contributed by atoms with Crippen LogP contribution < -0.4 is 5.32 Å². The minimum absolute atomic E-state index is 0.0931. The van der Waals surface area contributed by atoms with E-state index in [1.54, 1.807) is 12.1 Å². The molecule has 1 aliphatic rings.